The zero-order valence-electron chi connectivity index (χ0n) is 11.0. The topological polar surface area (TPSA) is 41.6 Å². The second-order valence-electron chi connectivity index (χ2n) is 4.55. The Labute approximate surface area is 108 Å². The van der Waals surface area contributed by atoms with Gasteiger partial charge in [0.25, 0.3) is 0 Å². The summed E-state index contributed by atoms with van der Waals surface area (Å²) in [6, 6.07) is 5.97. The molecule has 1 aliphatic heterocycles. The minimum atomic E-state index is 0.192. The first-order valence-corrected chi connectivity index (χ1v) is 6.39. The van der Waals surface area contributed by atoms with Crippen LogP contribution in [0.25, 0.3) is 0 Å². The molecule has 0 atom stereocenters. The number of nitrogens with one attached hydrogen (secondary N) is 1. The van der Waals surface area contributed by atoms with Gasteiger partial charge < -0.3 is 15.0 Å². The van der Waals surface area contributed by atoms with Crippen molar-refractivity contribution in [1.29, 1.82) is 0 Å². The number of hydrogen-bond donors (Lipinski definition) is 1. The first kappa shape index (κ1) is 12.9. The second-order valence-corrected chi connectivity index (χ2v) is 4.55. The molecule has 4 heteroatoms. The monoisotopic (exact) mass is 248 g/mol. The quantitative estimate of drug-likeness (QED) is 0.823. The molecule has 0 aliphatic carbocycles. The van der Waals surface area contributed by atoms with Crippen molar-refractivity contribution in [2.75, 3.05) is 32.1 Å². The lowest BCUT2D eigenvalue weighted by Crippen LogP contribution is -2.24. The van der Waals surface area contributed by atoms with Gasteiger partial charge in [-0.25, -0.2) is 0 Å². The molecule has 1 aliphatic rings. The predicted octanol–water partition coefficient (Wildman–Crippen LogP) is 1.58. The number of likely N-dealkylation sites (N-methyl/N-ethyl adjacent to an activating group) is 1. The van der Waals surface area contributed by atoms with Gasteiger partial charge in [-0.15, -0.1) is 0 Å². The van der Waals surface area contributed by atoms with Crippen molar-refractivity contribution < 1.29 is 9.53 Å². The Hall–Kier alpha value is -1.55. The van der Waals surface area contributed by atoms with E-state index in [-0.39, 0.29) is 5.91 Å². The minimum absolute atomic E-state index is 0.192. The summed E-state index contributed by atoms with van der Waals surface area (Å²) >= 11 is 0. The predicted molar refractivity (Wildman–Crippen MR) is 72.2 cm³/mol. The van der Waals surface area contributed by atoms with E-state index < -0.39 is 0 Å². The van der Waals surface area contributed by atoms with Crippen molar-refractivity contribution in [3.8, 4) is 5.75 Å². The Kier molecular flexibility index (Phi) is 4.20. The third-order valence-electron chi connectivity index (χ3n) is 3.24. The molecule has 0 unspecified atom stereocenters. The van der Waals surface area contributed by atoms with Crippen LogP contribution in [0.15, 0.2) is 18.2 Å². The molecule has 0 spiro atoms. The Balaban J connectivity index is 2.15. The molecule has 18 heavy (non-hydrogen) atoms. The number of hydrogen-bond acceptors (Lipinski definition) is 3. The van der Waals surface area contributed by atoms with E-state index in [1.165, 1.54) is 5.56 Å². The molecule has 0 bridgehead atoms. The van der Waals surface area contributed by atoms with Crippen LogP contribution in [0.2, 0.25) is 0 Å². The number of nitrogens with zero attached hydrogens (tertiary/aromatic N) is 1. The molecule has 1 N–H and O–H groups in total. The first-order chi connectivity index (χ1) is 8.72. The molecular formula is C14H20N2O2. The van der Waals surface area contributed by atoms with Crippen molar-refractivity contribution in [1.82, 2.24) is 5.32 Å². The summed E-state index contributed by atoms with van der Waals surface area (Å²) in [5.74, 6) is 1.07. The number of benzene rings is 1. The number of anilines is 1. The smallest absolute Gasteiger partial charge is 0.226 e. The van der Waals surface area contributed by atoms with Gasteiger partial charge in [-0.1, -0.05) is 0 Å². The van der Waals surface area contributed by atoms with Gasteiger partial charge in [-0.05, 0) is 43.7 Å². The van der Waals surface area contributed by atoms with Crippen LogP contribution in [0.5, 0.6) is 5.75 Å². The maximum atomic E-state index is 11.8. The van der Waals surface area contributed by atoms with Crippen molar-refractivity contribution >= 4 is 11.6 Å². The van der Waals surface area contributed by atoms with E-state index in [9.17, 15) is 4.79 Å². The summed E-state index contributed by atoms with van der Waals surface area (Å²) in [5.41, 5.74) is 2.21. The van der Waals surface area contributed by atoms with Crippen molar-refractivity contribution in [2.24, 2.45) is 0 Å². The number of aryl methyl sites for hydroxylation is 1. The van der Waals surface area contributed by atoms with E-state index in [1.807, 2.05) is 26.2 Å². The van der Waals surface area contributed by atoms with E-state index in [0.29, 0.717) is 13.0 Å². The van der Waals surface area contributed by atoms with Crippen molar-refractivity contribution in [2.45, 2.75) is 19.3 Å². The lowest BCUT2D eigenvalue weighted by molar-refractivity contribution is -0.118. The van der Waals surface area contributed by atoms with Gasteiger partial charge in [0.15, 0.2) is 0 Å². The van der Waals surface area contributed by atoms with E-state index in [4.69, 9.17) is 4.74 Å². The van der Waals surface area contributed by atoms with Gasteiger partial charge in [-0.3, -0.25) is 4.79 Å². The summed E-state index contributed by atoms with van der Waals surface area (Å²) < 4.78 is 5.65. The maximum Gasteiger partial charge on any atom is 0.226 e. The first-order valence-electron chi connectivity index (χ1n) is 6.39. The molecule has 1 aromatic carbocycles. The summed E-state index contributed by atoms with van der Waals surface area (Å²) in [4.78, 5) is 13.5. The van der Waals surface area contributed by atoms with Gasteiger partial charge in [0.1, 0.15) is 12.4 Å². The molecule has 0 radical (unpaired) electrons. The van der Waals surface area contributed by atoms with Crippen LogP contribution in [0.1, 0.15) is 18.4 Å². The molecule has 4 nitrogen and oxygen atoms in total. The normalized spacial score (nSPS) is 15.2. The SMILES string of the molecule is CNCCOc1ccc2c(c1)CCCC(=O)N2C. The molecule has 1 amide bonds. The summed E-state index contributed by atoms with van der Waals surface area (Å²) in [5, 5.41) is 3.05. The molecule has 0 fully saturated rings. The van der Waals surface area contributed by atoms with Gasteiger partial charge in [0.2, 0.25) is 5.91 Å². The Bertz CT molecular complexity index is 432. The van der Waals surface area contributed by atoms with Crippen LogP contribution in [0.4, 0.5) is 5.69 Å². The fourth-order valence-corrected chi connectivity index (χ4v) is 2.18. The lowest BCUT2D eigenvalue weighted by Gasteiger charge is -2.18. The highest BCUT2D eigenvalue weighted by Gasteiger charge is 2.18. The largest absolute Gasteiger partial charge is 0.492 e. The van der Waals surface area contributed by atoms with Crippen LogP contribution in [0.3, 0.4) is 0 Å². The summed E-state index contributed by atoms with van der Waals surface area (Å²) in [6.45, 7) is 1.49. The molecule has 1 aromatic rings. The zero-order chi connectivity index (χ0) is 13.0. The van der Waals surface area contributed by atoms with E-state index >= 15 is 0 Å². The zero-order valence-corrected chi connectivity index (χ0v) is 11.0. The average molecular weight is 248 g/mol. The Morgan fingerprint density at radius 2 is 2.22 bits per heavy atom. The number of rotatable bonds is 4. The number of ether oxygens (including phenoxy) is 1. The molecule has 0 aromatic heterocycles. The Morgan fingerprint density at radius 3 is 3.00 bits per heavy atom. The molecular weight excluding hydrogens is 228 g/mol. The number of amides is 1. The highest BCUT2D eigenvalue weighted by Crippen LogP contribution is 2.29. The van der Waals surface area contributed by atoms with Crippen LogP contribution in [0, 0.1) is 0 Å². The molecule has 98 valence electrons. The summed E-state index contributed by atoms with van der Waals surface area (Å²) in [7, 11) is 3.75. The van der Waals surface area contributed by atoms with E-state index in [0.717, 1.165) is 30.8 Å². The van der Waals surface area contributed by atoms with Crippen LogP contribution in [-0.2, 0) is 11.2 Å². The van der Waals surface area contributed by atoms with Crippen molar-refractivity contribution in [3.63, 3.8) is 0 Å². The van der Waals surface area contributed by atoms with Crippen LogP contribution < -0.4 is 15.0 Å². The van der Waals surface area contributed by atoms with Gasteiger partial charge >= 0.3 is 0 Å². The van der Waals surface area contributed by atoms with Gasteiger partial charge in [-0.2, -0.15) is 0 Å². The fraction of sp³-hybridized carbons (Fsp3) is 0.500. The number of carbonyl (C=O) groups excluding carboxylic acids is 1. The Morgan fingerprint density at radius 1 is 1.39 bits per heavy atom. The lowest BCUT2D eigenvalue weighted by atomic mass is 10.1. The van der Waals surface area contributed by atoms with E-state index in [2.05, 4.69) is 11.4 Å². The van der Waals surface area contributed by atoms with Gasteiger partial charge in [0, 0.05) is 25.7 Å². The summed E-state index contributed by atoms with van der Waals surface area (Å²) in [6.07, 6.45) is 2.48. The molecule has 0 saturated carbocycles. The second kappa shape index (κ2) is 5.87. The highest BCUT2D eigenvalue weighted by atomic mass is 16.5. The third-order valence-corrected chi connectivity index (χ3v) is 3.24. The maximum absolute atomic E-state index is 11.8. The average Bonchev–Trinajstić information content (AvgIpc) is 2.51. The number of fused-ring (bicyclic) bond motifs is 1. The van der Waals surface area contributed by atoms with Crippen LogP contribution in [-0.4, -0.2) is 33.2 Å². The minimum Gasteiger partial charge on any atom is -0.492 e. The molecule has 0 saturated heterocycles. The fourth-order valence-electron chi connectivity index (χ4n) is 2.18. The van der Waals surface area contributed by atoms with Crippen molar-refractivity contribution in [3.05, 3.63) is 23.8 Å². The molecule has 1 heterocycles. The van der Waals surface area contributed by atoms with E-state index in [1.54, 1.807) is 4.90 Å². The highest BCUT2D eigenvalue weighted by molar-refractivity contribution is 5.94. The van der Waals surface area contributed by atoms with Gasteiger partial charge in [0.05, 0.1) is 0 Å². The standard InChI is InChI=1S/C14H20N2O2/c1-15-8-9-18-12-6-7-13-11(10-12)4-3-5-14(17)16(13)2/h6-7,10,15H,3-5,8-9H2,1-2H3. The molecule has 2 rings (SSSR count). The third kappa shape index (κ3) is 2.82. The van der Waals surface area contributed by atoms with Crippen LogP contribution >= 0.6 is 0 Å². The number of carbonyl (C=O) groups is 1.